The predicted octanol–water partition coefficient (Wildman–Crippen LogP) is 2.55. The lowest BCUT2D eigenvalue weighted by atomic mass is 10.2. The van der Waals surface area contributed by atoms with Crippen LogP contribution in [0.3, 0.4) is 0 Å². The first-order valence-electron chi connectivity index (χ1n) is 4.18. The fourth-order valence-electron chi connectivity index (χ4n) is 0.945. The Morgan fingerprint density at radius 1 is 1.53 bits per heavy atom. The highest BCUT2D eigenvalue weighted by Gasteiger charge is 1.89. The number of carbonyl (C=O) groups is 1. The summed E-state index contributed by atoms with van der Waals surface area (Å²) in [5.41, 5.74) is 1.65. The number of allylic oxidation sites excluding steroid dienone is 2. The summed E-state index contributed by atoms with van der Waals surface area (Å²) in [6.07, 6.45) is 8.13. The van der Waals surface area contributed by atoms with Gasteiger partial charge in [0, 0.05) is 18.5 Å². The van der Waals surface area contributed by atoms with Crippen LogP contribution in [0.5, 0.6) is 0 Å². The molecule has 0 saturated heterocycles. The van der Waals surface area contributed by atoms with Crippen molar-refractivity contribution < 1.29 is 9.90 Å². The zero-order valence-electron chi connectivity index (χ0n) is 8.25. The first-order chi connectivity index (χ1) is 6.68. The third-order valence-corrected chi connectivity index (χ3v) is 1.57. The number of halogens is 1. The molecule has 0 fully saturated rings. The molecule has 0 bridgehead atoms. The Balaban J connectivity index is 0.00000196. The molecule has 1 rings (SSSR count). The number of carboxylic acids is 1. The molecule has 0 amide bonds. The molecule has 3 nitrogen and oxygen atoms in total. The van der Waals surface area contributed by atoms with Crippen molar-refractivity contribution in [3.63, 3.8) is 0 Å². The van der Waals surface area contributed by atoms with Gasteiger partial charge in [0.25, 0.3) is 0 Å². The molecule has 4 heteroatoms. The second-order valence-electron chi connectivity index (χ2n) is 2.85. The lowest BCUT2D eigenvalue weighted by Crippen LogP contribution is -1.87. The molecule has 0 radical (unpaired) electrons. The summed E-state index contributed by atoms with van der Waals surface area (Å²) in [4.78, 5) is 14.2. The van der Waals surface area contributed by atoms with Gasteiger partial charge in [0.15, 0.2) is 0 Å². The topological polar surface area (TPSA) is 50.2 Å². The van der Waals surface area contributed by atoms with E-state index in [2.05, 4.69) is 4.98 Å². The van der Waals surface area contributed by atoms with E-state index in [1.54, 1.807) is 25.4 Å². The molecular weight excluding hydrogens is 214 g/mol. The number of nitrogens with zero attached hydrogens (tertiary/aromatic N) is 1. The summed E-state index contributed by atoms with van der Waals surface area (Å²) in [5.74, 6) is -0.932. The van der Waals surface area contributed by atoms with Crippen LogP contribution in [0.25, 0.3) is 6.08 Å². The fourth-order valence-corrected chi connectivity index (χ4v) is 0.945. The highest BCUT2D eigenvalue weighted by Crippen LogP contribution is 2.02. The summed E-state index contributed by atoms with van der Waals surface area (Å²) < 4.78 is 0. The van der Waals surface area contributed by atoms with Gasteiger partial charge < -0.3 is 5.11 Å². The smallest absolute Gasteiger partial charge is 0.328 e. The van der Waals surface area contributed by atoms with E-state index in [1.807, 2.05) is 18.2 Å². The number of pyridine rings is 1. The number of hydrogen-bond acceptors (Lipinski definition) is 2. The molecule has 1 aromatic heterocycles. The van der Waals surface area contributed by atoms with Crippen LogP contribution in [0.2, 0.25) is 0 Å². The van der Waals surface area contributed by atoms with Gasteiger partial charge in [-0.3, -0.25) is 4.98 Å². The van der Waals surface area contributed by atoms with Crippen molar-refractivity contribution in [3.05, 3.63) is 47.8 Å². The van der Waals surface area contributed by atoms with Gasteiger partial charge in [0.1, 0.15) is 0 Å². The number of carboxylic acid groups (broad SMARTS) is 1. The van der Waals surface area contributed by atoms with Crippen LogP contribution in [-0.4, -0.2) is 16.1 Å². The van der Waals surface area contributed by atoms with E-state index < -0.39 is 5.97 Å². The van der Waals surface area contributed by atoms with Gasteiger partial charge in [0.2, 0.25) is 0 Å². The molecule has 1 heterocycles. The fraction of sp³-hybridized carbons (Fsp3) is 0.0909. The van der Waals surface area contributed by atoms with E-state index in [0.717, 1.165) is 11.6 Å². The maximum atomic E-state index is 10.3. The lowest BCUT2D eigenvalue weighted by Gasteiger charge is -1.91. The van der Waals surface area contributed by atoms with Gasteiger partial charge in [-0.05, 0) is 24.1 Å². The molecular formula is C11H12ClNO2. The highest BCUT2D eigenvalue weighted by molar-refractivity contribution is 5.85. The van der Waals surface area contributed by atoms with Crippen LogP contribution < -0.4 is 0 Å². The first-order valence-corrected chi connectivity index (χ1v) is 4.18. The Hall–Kier alpha value is -1.61. The SMILES string of the molecule is CC(=C/C(=O)O)/C=C/c1cccnc1.Cl. The van der Waals surface area contributed by atoms with Crippen LogP contribution in [0.15, 0.2) is 42.3 Å². The summed E-state index contributed by atoms with van der Waals surface area (Å²) in [5, 5.41) is 8.46. The van der Waals surface area contributed by atoms with Crippen molar-refractivity contribution in [2.24, 2.45) is 0 Å². The Labute approximate surface area is 94.6 Å². The van der Waals surface area contributed by atoms with E-state index >= 15 is 0 Å². The quantitative estimate of drug-likeness (QED) is 0.635. The minimum Gasteiger partial charge on any atom is -0.478 e. The maximum absolute atomic E-state index is 10.3. The summed E-state index contributed by atoms with van der Waals surface area (Å²) >= 11 is 0. The Bertz CT molecular complexity index is 371. The molecule has 0 saturated carbocycles. The van der Waals surface area contributed by atoms with Gasteiger partial charge in [-0.25, -0.2) is 4.79 Å². The number of aliphatic carboxylic acids is 1. The van der Waals surface area contributed by atoms with Crippen molar-refractivity contribution in [1.29, 1.82) is 0 Å². The molecule has 0 unspecified atom stereocenters. The third-order valence-electron chi connectivity index (χ3n) is 1.57. The average Bonchev–Trinajstić information content (AvgIpc) is 2.15. The minimum atomic E-state index is -0.932. The second-order valence-corrected chi connectivity index (χ2v) is 2.85. The first kappa shape index (κ1) is 13.4. The molecule has 0 aliphatic rings. The van der Waals surface area contributed by atoms with E-state index in [4.69, 9.17) is 5.11 Å². The molecule has 0 atom stereocenters. The molecule has 0 aromatic carbocycles. The van der Waals surface area contributed by atoms with Gasteiger partial charge in [-0.15, -0.1) is 12.4 Å². The Kier molecular flexibility index (Phi) is 6.06. The van der Waals surface area contributed by atoms with Crippen LogP contribution in [0, 0.1) is 0 Å². The lowest BCUT2D eigenvalue weighted by molar-refractivity contribution is -0.131. The van der Waals surface area contributed by atoms with Crippen molar-refractivity contribution in [2.75, 3.05) is 0 Å². The normalized spacial score (nSPS) is 11.1. The third kappa shape index (κ3) is 5.65. The Morgan fingerprint density at radius 3 is 2.80 bits per heavy atom. The van der Waals surface area contributed by atoms with E-state index in [1.165, 1.54) is 0 Å². The van der Waals surface area contributed by atoms with Gasteiger partial charge in [-0.1, -0.05) is 18.2 Å². The van der Waals surface area contributed by atoms with Gasteiger partial charge >= 0.3 is 5.97 Å². The van der Waals surface area contributed by atoms with E-state index in [-0.39, 0.29) is 12.4 Å². The van der Waals surface area contributed by atoms with Crippen LogP contribution in [-0.2, 0) is 4.79 Å². The maximum Gasteiger partial charge on any atom is 0.328 e. The van der Waals surface area contributed by atoms with Crippen molar-refractivity contribution in [3.8, 4) is 0 Å². The molecule has 80 valence electrons. The van der Waals surface area contributed by atoms with Gasteiger partial charge in [0.05, 0.1) is 0 Å². The van der Waals surface area contributed by atoms with Crippen molar-refractivity contribution >= 4 is 24.5 Å². The van der Waals surface area contributed by atoms with Crippen LogP contribution >= 0.6 is 12.4 Å². The van der Waals surface area contributed by atoms with Crippen molar-refractivity contribution in [1.82, 2.24) is 4.98 Å². The van der Waals surface area contributed by atoms with E-state index in [9.17, 15) is 4.79 Å². The van der Waals surface area contributed by atoms with E-state index in [0.29, 0.717) is 5.57 Å². The molecule has 15 heavy (non-hydrogen) atoms. The summed E-state index contributed by atoms with van der Waals surface area (Å²) in [6.45, 7) is 1.74. The average molecular weight is 226 g/mol. The molecule has 0 aliphatic carbocycles. The second kappa shape index (κ2) is 6.79. The zero-order chi connectivity index (χ0) is 10.4. The number of rotatable bonds is 3. The zero-order valence-corrected chi connectivity index (χ0v) is 9.07. The van der Waals surface area contributed by atoms with Crippen LogP contribution in [0.1, 0.15) is 12.5 Å². The number of aromatic nitrogens is 1. The minimum absolute atomic E-state index is 0. The largest absolute Gasteiger partial charge is 0.478 e. The molecule has 0 aliphatic heterocycles. The number of hydrogen-bond donors (Lipinski definition) is 1. The monoisotopic (exact) mass is 225 g/mol. The Morgan fingerprint density at radius 2 is 2.27 bits per heavy atom. The summed E-state index contributed by atoms with van der Waals surface area (Å²) in [6, 6.07) is 3.73. The predicted molar refractivity (Wildman–Crippen MR) is 61.9 cm³/mol. The summed E-state index contributed by atoms with van der Waals surface area (Å²) in [7, 11) is 0. The van der Waals surface area contributed by atoms with Crippen molar-refractivity contribution in [2.45, 2.75) is 6.92 Å². The van der Waals surface area contributed by atoms with Gasteiger partial charge in [-0.2, -0.15) is 0 Å². The standard InChI is InChI=1S/C11H11NO2.ClH/c1-9(7-11(13)14)4-5-10-3-2-6-12-8-10;/h2-8H,1H3,(H,13,14);1H/b5-4+,9-7-;. The molecule has 1 aromatic rings. The highest BCUT2D eigenvalue weighted by atomic mass is 35.5. The molecule has 0 spiro atoms. The molecule has 1 N–H and O–H groups in total. The van der Waals surface area contributed by atoms with Crippen LogP contribution in [0.4, 0.5) is 0 Å².